The lowest BCUT2D eigenvalue weighted by atomic mass is 9.92. The number of nitrogens with zero attached hydrogens (tertiary/aromatic N) is 3. The van der Waals surface area contributed by atoms with E-state index in [4.69, 9.17) is 21.4 Å². The summed E-state index contributed by atoms with van der Waals surface area (Å²) in [5.41, 5.74) is 2.91. The molecule has 6 nitrogen and oxygen atoms in total. The van der Waals surface area contributed by atoms with Gasteiger partial charge in [0.1, 0.15) is 5.75 Å². The van der Waals surface area contributed by atoms with Gasteiger partial charge in [-0.1, -0.05) is 41.9 Å². The highest BCUT2D eigenvalue weighted by molar-refractivity contribution is 6.30. The van der Waals surface area contributed by atoms with Gasteiger partial charge < -0.3 is 4.74 Å². The molecule has 7 heteroatoms. The molecule has 0 saturated carbocycles. The van der Waals surface area contributed by atoms with Gasteiger partial charge in [0.25, 0.3) is 5.69 Å². The van der Waals surface area contributed by atoms with Crippen molar-refractivity contribution in [1.82, 2.24) is 5.01 Å². The molecular weight excluding hydrogens is 402 g/mol. The van der Waals surface area contributed by atoms with Gasteiger partial charge in [0.05, 0.1) is 16.7 Å². The van der Waals surface area contributed by atoms with Crippen molar-refractivity contribution < 1.29 is 9.66 Å². The van der Waals surface area contributed by atoms with E-state index in [2.05, 4.69) is 0 Å². The molecule has 2 atom stereocenters. The first-order chi connectivity index (χ1) is 14.5. The number of non-ortho nitro benzene ring substituents is 1. The molecule has 0 unspecified atom stereocenters. The number of halogens is 1. The molecule has 3 aromatic carbocycles. The van der Waals surface area contributed by atoms with Crippen LogP contribution in [0.25, 0.3) is 0 Å². The monoisotopic (exact) mass is 419 g/mol. The SMILES string of the molecule is C[C@@]1(c2ccc([N+](=O)[O-])cc2)Oc2ccc(Cl)cc2[C@H]2CC(c3ccccc3)=NN21. The molecule has 150 valence electrons. The highest BCUT2D eigenvalue weighted by atomic mass is 35.5. The predicted molar refractivity (Wildman–Crippen MR) is 115 cm³/mol. The molecule has 5 rings (SSSR count). The van der Waals surface area contributed by atoms with Crippen LogP contribution in [0.5, 0.6) is 5.75 Å². The lowest BCUT2D eigenvalue weighted by molar-refractivity contribution is -0.384. The Morgan fingerprint density at radius 2 is 1.87 bits per heavy atom. The van der Waals surface area contributed by atoms with E-state index in [1.165, 1.54) is 12.1 Å². The third-order valence-corrected chi connectivity index (χ3v) is 5.94. The van der Waals surface area contributed by atoms with Crippen LogP contribution in [0, 0.1) is 10.1 Å². The first-order valence-corrected chi connectivity index (χ1v) is 9.99. The summed E-state index contributed by atoms with van der Waals surface area (Å²) in [6.45, 7) is 1.94. The molecule has 0 aromatic heterocycles. The third kappa shape index (κ3) is 2.92. The van der Waals surface area contributed by atoms with Gasteiger partial charge in [0, 0.05) is 41.6 Å². The van der Waals surface area contributed by atoms with Gasteiger partial charge in [-0.2, -0.15) is 5.10 Å². The summed E-state index contributed by atoms with van der Waals surface area (Å²) < 4.78 is 6.45. The average molecular weight is 420 g/mol. The Morgan fingerprint density at radius 1 is 1.13 bits per heavy atom. The standard InChI is InChI=1S/C23H18ClN3O3/c1-23(16-7-10-18(11-8-16)27(28)29)26-21(19-13-17(24)9-12-22(19)30-23)14-20(25-26)15-5-3-2-4-6-15/h2-13,21H,14H2,1H3/t21-,23+/m1/s1. The van der Waals surface area contributed by atoms with E-state index in [0.29, 0.717) is 11.4 Å². The Bertz CT molecular complexity index is 1160. The highest BCUT2D eigenvalue weighted by Gasteiger charge is 2.49. The first-order valence-electron chi connectivity index (χ1n) is 9.61. The molecule has 0 spiro atoms. The summed E-state index contributed by atoms with van der Waals surface area (Å²) in [4.78, 5) is 10.7. The zero-order valence-corrected chi connectivity index (χ0v) is 16.9. The molecular formula is C23H18ClN3O3. The summed E-state index contributed by atoms with van der Waals surface area (Å²) in [6.07, 6.45) is 0.712. The van der Waals surface area contributed by atoms with Crippen molar-refractivity contribution in [2.75, 3.05) is 0 Å². The number of hydrogen-bond acceptors (Lipinski definition) is 5. The van der Waals surface area contributed by atoms with Gasteiger partial charge in [-0.25, -0.2) is 5.01 Å². The van der Waals surface area contributed by atoms with Crippen LogP contribution in [-0.2, 0) is 5.72 Å². The number of nitro groups is 1. The van der Waals surface area contributed by atoms with E-state index >= 15 is 0 Å². The van der Waals surface area contributed by atoms with Gasteiger partial charge in [-0.3, -0.25) is 10.1 Å². The molecule has 0 fully saturated rings. The van der Waals surface area contributed by atoms with Crippen molar-refractivity contribution in [3.8, 4) is 5.75 Å². The predicted octanol–water partition coefficient (Wildman–Crippen LogP) is 5.66. The molecule has 0 saturated heterocycles. The maximum atomic E-state index is 11.1. The maximum Gasteiger partial charge on any atom is 0.269 e. The Hall–Kier alpha value is -3.38. The fourth-order valence-electron chi connectivity index (χ4n) is 4.17. The Labute approximate surface area is 178 Å². The lowest BCUT2D eigenvalue weighted by Crippen LogP contribution is -2.48. The number of fused-ring (bicyclic) bond motifs is 3. The average Bonchev–Trinajstić information content (AvgIpc) is 3.22. The number of ether oxygens (including phenoxy) is 1. The Balaban J connectivity index is 1.64. The van der Waals surface area contributed by atoms with Gasteiger partial charge >= 0.3 is 0 Å². The van der Waals surface area contributed by atoms with Crippen LogP contribution < -0.4 is 4.74 Å². The summed E-state index contributed by atoms with van der Waals surface area (Å²) in [5, 5.41) is 18.6. The van der Waals surface area contributed by atoms with E-state index in [1.807, 2.05) is 54.4 Å². The van der Waals surface area contributed by atoms with Gasteiger partial charge in [-0.05, 0) is 35.9 Å². The van der Waals surface area contributed by atoms with Crippen LogP contribution in [0.2, 0.25) is 5.02 Å². The second-order valence-corrected chi connectivity index (χ2v) is 7.98. The molecule has 3 aromatic rings. The fraction of sp³-hybridized carbons (Fsp3) is 0.174. The first kappa shape index (κ1) is 18.6. The number of hydrazone groups is 1. The van der Waals surface area contributed by atoms with Crippen molar-refractivity contribution in [1.29, 1.82) is 0 Å². The minimum atomic E-state index is -0.919. The summed E-state index contributed by atoms with van der Waals surface area (Å²) >= 11 is 6.28. The zero-order valence-electron chi connectivity index (χ0n) is 16.2. The minimum absolute atomic E-state index is 0.0387. The fourth-order valence-corrected chi connectivity index (χ4v) is 4.35. The smallest absolute Gasteiger partial charge is 0.269 e. The minimum Gasteiger partial charge on any atom is -0.462 e. The molecule has 30 heavy (non-hydrogen) atoms. The molecule has 0 N–H and O–H groups in total. The zero-order chi connectivity index (χ0) is 20.9. The molecule has 2 aliphatic rings. The van der Waals surface area contributed by atoms with Crippen LogP contribution in [-0.4, -0.2) is 15.6 Å². The number of rotatable bonds is 3. The topological polar surface area (TPSA) is 68.0 Å². The van der Waals surface area contributed by atoms with Crippen molar-refractivity contribution in [2.24, 2.45) is 5.10 Å². The maximum absolute atomic E-state index is 11.1. The van der Waals surface area contributed by atoms with E-state index in [-0.39, 0.29) is 11.7 Å². The van der Waals surface area contributed by atoms with Gasteiger partial charge in [0.15, 0.2) is 0 Å². The van der Waals surface area contributed by atoms with Crippen molar-refractivity contribution >= 4 is 23.0 Å². The molecule has 0 aliphatic carbocycles. The van der Waals surface area contributed by atoms with Gasteiger partial charge in [0.2, 0.25) is 5.72 Å². The number of nitro benzene ring substituents is 1. The lowest BCUT2D eigenvalue weighted by Gasteiger charge is -2.46. The van der Waals surface area contributed by atoms with E-state index < -0.39 is 10.6 Å². The quantitative estimate of drug-likeness (QED) is 0.405. The summed E-state index contributed by atoms with van der Waals surface area (Å²) in [6, 6.07) is 22.0. The molecule has 0 bridgehead atoms. The second kappa shape index (κ2) is 6.85. The van der Waals surface area contributed by atoms with Crippen molar-refractivity contribution in [3.63, 3.8) is 0 Å². The van der Waals surface area contributed by atoms with Crippen molar-refractivity contribution in [2.45, 2.75) is 25.1 Å². The third-order valence-electron chi connectivity index (χ3n) is 5.71. The number of benzene rings is 3. The van der Waals surface area contributed by atoms with Crippen LogP contribution in [0.15, 0.2) is 77.9 Å². The Morgan fingerprint density at radius 3 is 2.57 bits per heavy atom. The second-order valence-electron chi connectivity index (χ2n) is 7.55. The number of hydrogen-bond donors (Lipinski definition) is 0. The molecule has 2 heterocycles. The molecule has 0 radical (unpaired) electrons. The molecule has 2 aliphatic heterocycles. The van der Waals surface area contributed by atoms with Crippen LogP contribution in [0.3, 0.4) is 0 Å². The van der Waals surface area contributed by atoms with E-state index in [0.717, 1.165) is 28.2 Å². The van der Waals surface area contributed by atoms with Crippen LogP contribution in [0.1, 0.15) is 36.1 Å². The normalized spacial score (nSPS) is 22.0. The summed E-state index contributed by atoms with van der Waals surface area (Å²) in [5.74, 6) is 0.742. The summed E-state index contributed by atoms with van der Waals surface area (Å²) in [7, 11) is 0. The van der Waals surface area contributed by atoms with Crippen molar-refractivity contribution in [3.05, 3.63) is 105 Å². The largest absolute Gasteiger partial charge is 0.462 e. The Kier molecular flexibility index (Phi) is 4.25. The van der Waals surface area contributed by atoms with Gasteiger partial charge in [-0.15, -0.1) is 0 Å². The molecule has 0 amide bonds. The highest BCUT2D eigenvalue weighted by Crippen LogP contribution is 2.50. The van der Waals surface area contributed by atoms with E-state index in [9.17, 15) is 10.1 Å². The van der Waals surface area contributed by atoms with Crippen LogP contribution >= 0.6 is 11.6 Å². The van der Waals surface area contributed by atoms with E-state index in [1.54, 1.807) is 18.2 Å². The van der Waals surface area contributed by atoms with Crippen LogP contribution in [0.4, 0.5) is 5.69 Å².